The number of rotatable bonds is 6. The molecule has 0 saturated carbocycles. The molecule has 126 valence electrons. The molecule has 2 aromatic carbocycles. The molecule has 1 N–H and O–H groups in total. The highest BCUT2D eigenvalue weighted by Gasteiger charge is 2.14. The highest BCUT2D eigenvalue weighted by atomic mass is 32.2. The summed E-state index contributed by atoms with van der Waals surface area (Å²) in [5.41, 5.74) is 2.43. The molecule has 1 heterocycles. The molecule has 3 rings (SSSR count). The molecule has 0 bridgehead atoms. The summed E-state index contributed by atoms with van der Waals surface area (Å²) in [6.07, 6.45) is 2.57. The number of hydrogen-bond donors (Lipinski definition) is 1. The van der Waals surface area contributed by atoms with Gasteiger partial charge in [-0.15, -0.1) is 11.8 Å². The first-order valence-corrected chi connectivity index (χ1v) is 9.43. The van der Waals surface area contributed by atoms with Gasteiger partial charge in [0.1, 0.15) is 0 Å². The van der Waals surface area contributed by atoms with Crippen LogP contribution in [0.1, 0.15) is 25.3 Å². The van der Waals surface area contributed by atoms with E-state index in [1.54, 1.807) is 11.8 Å². The number of nitrogens with zero attached hydrogens (tertiary/aromatic N) is 1. The van der Waals surface area contributed by atoms with E-state index < -0.39 is 0 Å². The molecule has 1 atom stereocenters. The van der Waals surface area contributed by atoms with Gasteiger partial charge in [0, 0.05) is 30.2 Å². The second-order valence-electron chi connectivity index (χ2n) is 6.15. The van der Waals surface area contributed by atoms with E-state index in [2.05, 4.69) is 34.5 Å². The van der Waals surface area contributed by atoms with Crippen molar-refractivity contribution in [2.45, 2.75) is 36.5 Å². The largest absolute Gasteiger partial charge is 0.372 e. The molecule has 3 nitrogen and oxygen atoms in total. The van der Waals surface area contributed by atoms with Crippen LogP contribution < -0.4 is 10.2 Å². The lowest BCUT2D eigenvalue weighted by molar-refractivity contribution is -0.120. The number of hydrogen-bond acceptors (Lipinski definition) is 3. The highest BCUT2D eigenvalue weighted by molar-refractivity contribution is 8.00. The summed E-state index contributed by atoms with van der Waals surface area (Å²) in [5, 5.41) is 2.93. The zero-order chi connectivity index (χ0) is 16.8. The van der Waals surface area contributed by atoms with Gasteiger partial charge in [-0.2, -0.15) is 0 Å². The Morgan fingerprint density at radius 3 is 2.42 bits per heavy atom. The molecule has 1 amide bonds. The Balaban J connectivity index is 1.48. The summed E-state index contributed by atoms with van der Waals surface area (Å²) < 4.78 is 0. The Morgan fingerprint density at radius 2 is 1.75 bits per heavy atom. The second kappa shape index (κ2) is 8.25. The summed E-state index contributed by atoms with van der Waals surface area (Å²) in [5.74, 6) is 0.0764. The van der Waals surface area contributed by atoms with Gasteiger partial charge >= 0.3 is 0 Å². The minimum atomic E-state index is -0.101. The topological polar surface area (TPSA) is 32.3 Å². The fourth-order valence-corrected chi connectivity index (χ4v) is 3.80. The van der Waals surface area contributed by atoms with Gasteiger partial charge in [-0.25, -0.2) is 0 Å². The molecule has 1 aliphatic rings. The molecule has 1 saturated heterocycles. The van der Waals surface area contributed by atoms with Crippen LogP contribution in [-0.2, 0) is 11.3 Å². The summed E-state index contributed by atoms with van der Waals surface area (Å²) in [7, 11) is 0. The molecule has 2 aromatic rings. The van der Waals surface area contributed by atoms with Crippen LogP contribution >= 0.6 is 11.8 Å². The fourth-order valence-electron chi connectivity index (χ4n) is 2.89. The first kappa shape index (κ1) is 16.9. The van der Waals surface area contributed by atoms with E-state index in [1.807, 2.05) is 37.3 Å². The predicted molar refractivity (Wildman–Crippen MR) is 101 cm³/mol. The van der Waals surface area contributed by atoms with Gasteiger partial charge in [0.25, 0.3) is 0 Å². The predicted octanol–water partition coefficient (Wildman–Crippen LogP) is 4.08. The SMILES string of the molecule is C[C@@H](Sc1ccccc1)C(=O)NCc1ccc(N2CCCC2)cc1. The van der Waals surface area contributed by atoms with Crippen LogP contribution in [0.2, 0.25) is 0 Å². The van der Waals surface area contributed by atoms with Crippen molar-refractivity contribution in [3.05, 3.63) is 60.2 Å². The van der Waals surface area contributed by atoms with Crippen molar-refractivity contribution in [1.29, 1.82) is 0 Å². The number of nitrogens with one attached hydrogen (secondary N) is 1. The number of amides is 1. The molecular formula is C20H24N2OS. The van der Waals surface area contributed by atoms with E-state index in [4.69, 9.17) is 0 Å². The van der Waals surface area contributed by atoms with Crippen LogP contribution in [0.25, 0.3) is 0 Å². The molecule has 1 fully saturated rings. The van der Waals surface area contributed by atoms with E-state index in [-0.39, 0.29) is 11.2 Å². The Morgan fingerprint density at radius 1 is 1.08 bits per heavy atom. The normalized spacial score (nSPS) is 15.3. The minimum Gasteiger partial charge on any atom is -0.372 e. The van der Waals surface area contributed by atoms with E-state index in [1.165, 1.54) is 18.5 Å². The van der Waals surface area contributed by atoms with E-state index in [0.717, 1.165) is 23.5 Å². The van der Waals surface area contributed by atoms with E-state index in [0.29, 0.717) is 6.54 Å². The number of benzene rings is 2. The van der Waals surface area contributed by atoms with E-state index in [9.17, 15) is 4.79 Å². The first-order valence-electron chi connectivity index (χ1n) is 8.56. The van der Waals surface area contributed by atoms with Crippen molar-refractivity contribution in [2.75, 3.05) is 18.0 Å². The molecule has 1 aliphatic heterocycles. The Labute approximate surface area is 148 Å². The van der Waals surface area contributed by atoms with Gasteiger partial charge in [0.15, 0.2) is 0 Å². The minimum absolute atomic E-state index is 0.0764. The van der Waals surface area contributed by atoms with Gasteiger partial charge in [-0.05, 0) is 49.6 Å². The number of anilines is 1. The maximum absolute atomic E-state index is 12.3. The van der Waals surface area contributed by atoms with Crippen LogP contribution in [-0.4, -0.2) is 24.2 Å². The molecule has 24 heavy (non-hydrogen) atoms. The number of thioether (sulfide) groups is 1. The van der Waals surface area contributed by atoms with Crippen molar-refractivity contribution >= 4 is 23.4 Å². The lowest BCUT2D eigenvalue weighted by Gasteiger charge is -2.18. The number of carbonyl (C=O) groups excluding carboxylic acids is 1. The average molecular weight is 340 g/mol. The Bertz CT molecular complexity index is 651. The van der Waals surface area contributed by atoms with Crippen LogP contribution in [0.3, 0.4) is 0 Å². The quantitative estimate of drug-likeness (QED) is 0.804. The molecule has 0 aliphatic carbocycles. The standard InChI is InChI=1S/C20H24N2OS/c1-16(24-19-7-3-2-4-8-19)20(23)21-15-17-9-11-18(12-10-17)22-13-5-6-14-22/h2-4,7-12,16H,5-6,13-15H2,1H3,(H,21,23)/t16-/m1/s1. The summed E-state index contributed by atoms with van der Waals surface area (Å²) >= 11 is 1.59. The summed E-state index contributed by atoms with van der Waals surface area (Å²) in [4.78, 5) is 15.8. The third-order valence-corrected chi connectivity index (χ3v) is 5.41. The van der Waals surface area contributed by atoms with Crippen molar-refractivity contribution in [2.24, 2.45) is 0 Å². The smallest absolute Gasteiger partial charge is 0.233 e. The Hall–Kier alpha value is -1.94. The fraction of sp³-hybridized carbons (Fsp3) is 0.350. The molecule has 0 radical (unpaired) electrons. The van der Waals surface area contributed by atoms with Crippen molar-refractivity contribution in [3.63, 3.8) is 0 Å². The zero-order valence-corrected chi connectivity index (χ0v) is 14.9. The van der Waals surface area contributed by atoms with Gasteiger partial charge < -0.3 is 10.2 Å². The van der Waals surface area contributed by atoms with Gasteiger partial charge in [-0.1, -0.05) is 30.3 Å². The van der Waals surface area contributed by atoms with Crippen molar-refractivity contribution < 1.29 is 4.79 Å². The van der Waals surface area contributed by atoms with Crippen LogP contribution in [0.4, 0.5) is 5.69 Å². The highest BCUT2D eigenvalue weighted by Crippen LogP contribution is 2.23. The molecule has 0 unspecified atom stereocenters. The third kappa shape index (κ3) is 4.54. The monoisotopic (exact) mass is 340 g/mol. The van der Waals surface area contributed by atoms with Crippen LogP contribution in [0, 0.1) is 0 Å². The second-order valence-corrected chi connectivity index (χ2v) is 7.57. The van der Waals surface area contributed by atoms with Gasteiger partial charge in [0.2, 0.25) is 5.91 Å². The average Bonchev–Trinajstić information content (AvgIpc) is 3.15. The number of carbonyl (C=O) groups is 1. The van der Waals surface area contributed by atoms with Gasteiger partial charge in [-0.3, -0.25) is 4.79 Å². The molecule has 0 aromatic heterocycles. The van der Waals surface area contributed by atoms with Crippen molar-refractivity contribution in [1.82, 2.24) is 5.32 Å². The molecule has 4 heteroatoms. The third-order valence-electron chi connectivity index (χ3n) is 4.30. The Kier molecular flexibility index (Phi) is 5.81. The van der Waals surface area contributed by atoms with Crippen molar-refractivity contribution in [3.8, 4) is 0 Å². The maximum Gasteiger partial charge on any atom is 0.233 e. The maximum atomic E-state index is 12.3. The summed E-state index contributed by atoms with van der Waals surface area (Å²) in [6, 6.07) is 18.6. The van der Waals surface area contributed by atoms with E-state index >= 15 is 0 Å². The van der Waals surface area contributed by atoms with Crippen LogP contribution in [0.15, 0.2) is 59.5 Å². The summed E-state index contributed by atoms with van der Waals surface area (Å²) in [6.45, 7) is 4.84. The molecular weight excluding hydrogens is 316 g/mol. The lowest BCUT2D eigenvalue weighted by Crippen LogP contribution is -2.30. The zero-order valence-electron chi connectivity index (χ0n) is 14.1. The van der Waals surface area contributed by atoms with Crippen LogP contribution in [0.5, 0.6) is 0 Å². The molecule has 0 spiro atoms. The van der Waals surface area contributed by atoms with Gasteiger partial charge in [0.05, 0.1) is 5.25 Å². The lowest BCUT2D eigenvalue weighted by atomic mass is 10.2. The first-order chi connectivity index (χ1) is 11.7.